The normalized spacial score (nSPS) is 21.3. The van der Waals surface area contributed by atoms with E-state index < -0.39 is 11.9 Å². The van der Waals surface area contributed by atoms with Crippen molar-refractivity contribution >= 4 is 5.97 Å². The number of carboxylic acids is 1. The van der Waals surface area contributed by atoms with Crippen molar-refractivity contribution in [3.63, 3.8) is 0 Å². The largest absolute Gasteiger partial charge is 0.481 e. The highest BCUT2D eigenvalue weighted by molar-refractivity contribution is 5.75. The fourth-order valence-corrected chi connectivity index (χ4v) is 2.15. The van der Waals surface area contributed by atoms with E-state index in [0.717, 1.165) is 19.3 Å². The molecule has 0 radical (unpaired) electrons. The second kappa shape index (κ2) is 6.06. The summed E-state index contributed by atoms with van der Waals surface area (Å²) in [6.45, 7) is 4.33. The zero-order valence-corrected chi connectivity index (χ0v) is 11.2. The Bertz CT molecular complexity index is 422. The van der Waals surface area contributed by atoms with Crippen LogP contribution in [0.4, 0.5) is 0 Å². The van der Waals surface area contributed by atoms with Crippen molar-refractivity contribution in [3.8, 4) is 5.88 Å². The first-order valence-electron chi connectivity index (χ1n) is 6.55. The quantitative estimate of drug-likeness (QED) is 0.883. The lowest BCUT2D eigenvalue weighted by Crippen LogP contribution is -2.25. The molecule has 106 valence electrons. The Balaban J connectivity index is 2.03. The molecule has 19 heavy (non-hydrogen) atoms. The lowest BCUT2D eigenvalue weighted by Gasteiger charge is -2.21. The molecule has 2 unspecified atom stereocenters. The summed E-state index contributed by atoms with van der Waals surface area (Å²) in [6.07, 6.45) is 2.60. The number of rotatable bonds is 5. The van der Waals surface area contributed by atoms with Gasteiger partial charge in [-0.25, -0.2) is 0 Å². The Morgan fingerprint density at radius 1 is 1.53 bits per heavy atom. The number of aromatic nitrogens is 1. The number of aliphatic carboxylic acids is 1. The van der Waals surface area contributed by atoms with Gasteiger partial charge in [0, 0.05) is 12.5 Å². The van der Waals surface area contributed by atoms with Gasteiger partial charge in [-0.3, -0.25) is 4.79 Å². The van der Waals surface area contributed by atoms with Gasteiger partial charge in [-0.05, 0) is 23.9 Å². The van der Waals surface area contributed by atoms with Crippen LogP contribution in [0.5, 0.6) is 5.88 Å². The molecule has 0 aromatic carbocycles. The smallest absolute Gasteiger partial charge is 0.314 e. The van der Waals surface area contributed by atoms with Crippen LogP contribution < -0.4 is 4.74 Å². The van der Waals surface area contributed by atoms with E-state index in [9.17, 15) is 9.90 Å². The Morgan fingerprint density at radius 2 is 2.32 bits per heavy atom. The number of hydrogen-bond donors (Lipinski definition) is 1. The van der Waals surface area contributed by atoms with E-state index in [4.69, 9.17) is 14.0 Å². The summed E-state index contributed by atoms with van der Waals surface area (Å²) >= 11 is 0. The van der Waals surface area contributed by atoms with E-state index in [-0.39, 0.29) is 18.1 Å². The first-order chi connectivity index (χ1) is 9.08. The third-order valence-electron chi connectivity index (χ3n) is 3.14. The number of hydrogen-bond acceptors (Lipinski definition) is 5. The molecule has 2 atom stereocenters. The SMILES string of the molecule is CC(C)C(C(=O)O)c1cc(OC2CCCCO2)no1. The van der Waals surface area contributed by atoms with Gasteiger partial charge in [0.15, 0.2) is 5.76 Å². The van der Waals surface area contributed by atoms with E-state index in [0.29, 0.717) is 12.4 Å². The topological polar surface area (TPSA) is 81.8 Å². The number of nitrogens with zero attached hydrogens (tertiary/aromatic N) is 1. The molecule has 0 aliphatic carbocycles. The van der Waals surface area contributed by atoms with Gasteiger partial charge in [0.25, 0.3) is 5.88 Å². The minimum absolute atomic E-state index is 0.0794. The van der Waals surface area contributed by atoms with Gasteiger partial charge in [0.1, 0.15) is 5.92 Å². The van der Waals surface area contributed by atoms with Crippen molar-refractivity contribution in [2.24, 2.45) is 5.92 Å². The summed E-state index contributed by atoms with van der Waals surface area (Å²) in [5.74, 6) is -1.12. The molecule has 1 aromatic heterocycles. The third-order valence-corrected chi connectivity index (χ3v) is 3.14. The Kier molecular flexibility index (Phi) is 4.42. The molecular weight excluding hydrogens is 250 g/mol. The van der Waals surface area contributed by atoms with E-state index in [1.54, 1.807) is 0 Å². The molecule has 1 saturated heterocycles. The number of carboxylic acid groups (broad SMARTS) is 1. The highest BCUT2D eigenvalue weighted by atomic mass is 16.7. The Hall–Kier alpha value is -1.56. The highest BCUT2D eigenvalue weighted by Crippen LogP contribution is 2.28. The molecule has 2 rings (SSSR count). The predicted octanol–water partition coefficient (Wildman–Crippen LogP) is 2.40. The molecule has 1 aliphatic rings. The van der Waals surface area contributed by atoms with Crippen molar-refractivity contribution in [1.82, 2.24) is 5.16 Å². The van der Waals surface area contributed by atoms with E-state index in [1.807, 2.05) is 13.8 Å². The van der Waals surface area contributed by atoms with Crippen LogP contribution in [0.15, 0.2) is 10.6 Å². The van der Waals surface area contributed by atoms with E-state index >= 15 is 0 Å². The van der Waals surface area contributed by atoms with Crippen LogP contribution in [-0.2, 0) is 9.53 Å². The molecule has 6 heteroatoms. The van der Waals surface area contributed by atoms with Crippen LogP contribution in [0.1, 0.15) is 44.8 Å². The van der Waals surface area contributed by atoms with Gasteiger partial charge in [-0.2, -0.15) is 0 Å². The van der Waals surface area contributed by atoms with Crippen molar-refractivity contribution in [1.29, 1.82) is 0 Å². The van der Waals surface area contributed by atoms with Crippen molar-refractivity contribution in [3.05, 3.63) is 11.8 Å². The van der Waals surface area contributed by atoms with Gasteiger partial charge in [0.2, 0.25) is 6.29 Å². The Labute approximate surface area is 111 Å². The van der Waals surface area contributed by atoms with Crippen LogP contribution in [0, 0.1) is 5.92 Å². The summed E-state index contributed by atoms with van der Waals surface area (Å²) in [7, 11) is 0. The number of carbonyl (C=O) groups is 1. The fraction of sp³-hybridized carbons (Fsp3) is 0.692. The maximum absolute atomic E-state index is 11.2. The first-order valence-corrected chi connectivity index (χ1v) is 6.55. The fourth-order valence-electron chi connectivity index (χ4n) is 2.15. The molecule has 1 aliphatic heterocycles. The van der Waals surface area contributed by atoms with Gasteiger partial charge >= 0.3 is 5.97 Å². The van der Waals surface area contributed by atoms with Crippen molar-refractivity contribution in [2.45, 2.75) is 45.3 Å². The zero-order chi connectivity index (χ0) is 13.8. The highest BCUT2D eigenvalue weighted by Gasteiger charge is 2.29. The molecular formula is C13H19NO5. The molecule has 0 saturated carbocycles. The predicted molar refractivity (Wildman–Crippen MR) is 65.9 cm³/mol. The lowest BCUT2D eigenvalue weighted by atomic mass is 9.94. The van der Waals surface area contributed by atoms with Gasteiger partial charge in [0.05, 0.1) is 6.61 Å². The van der Waals surface area contributed by atoms with E-state index in [2.05, 4.69) is 5.16 Å². The summed E-state index contributed by atoms with van der Waals surface area (Å²) < 4.78 is 16.0. The van der Waals surface area contributed by atoms with Gasteiger partial charge in [-0.15, -0.1) is 0 Å². The minimum atomic E-state index is -0.924. The first kappa shape index (κ1) is 13.9. The van der Waals surface area contributed by atoms with Gasteiger partial charge in [-0.1, -0.05) is 13.8 Å². The van der Waals surface area contributed by atoms with Crippen LogP contribution in [0.25, 0.3) is 0 Å². The maximum atomic E-state index is 11.2. The average Bonchev–Trinajstić information content (AvgIpc) is 2.77. The average molecular weight is 269 g/mol. The number of ether oxygens (including phenoxy) is 2. The standard InChI is InChI=1S/C13H19NO5/c1-8(2)12(13(15)16)9-7-10(14-19-9)18-11-5-3-4-6-17-11/h7-8,11-12H,3-6H2,1-2H3,(H,15,16). The van der Waals surface area contributed by atoms with Crippen LogP contribution >= 0.6 is 0 Å². The van der Waals surface area contributed by atoms with Crippen molar-refractivity contribution in [2.75, 3.05) is 6.61 Å². The van der Waals surface area contributed by atoms with Crippen molar-refractivity contribution < 1.29 is 23.9 Å². The van der Waals surface area contributed by atoms with E-state index in [1.165, 1.54) is 6.07 Å². The zero-order valence-electron chi connectivity index (χ0n) is 11.2. The van der Waals surface area contributed by atoms with Crippen LogP contribution in [-0.4, -0.2) is 29.1 Å². The Morgan fingerprint density at radius 3 is 2.89 bits per heavy atom. The lowest BCUT2D eigenvalue weighted by molar-refractivity contribution is -0.140. The summed E-state index contributed by atoms with van der Waals surface area (Å²) in [5, 5.41) is 12.9. The molecule has 6 nitrogen and oxygen atoms in total. The summed E-state index contributed by atoms with van der Waals surface area (Å²) in [4.78, 5) is 11.2. The second-order valence-corrected chi connectivity index (χ2v) is 5.04. The molecule has 0 spiro atoms. The van der Waals surface area contributed by atoms with Gasteiger partial charge < -0.3 is 19.1 Å². The summed E-state index contributed by atoms with van der Waals surface area (Å²) in [6, 6.07) is 1.54. The molecule has 1 aromatic rings. The second-order valence-electron chi connectivity index (χ2n) is 5.04. The molecule has 0 amide bonds. The summed E-state index contributed by atoms with van der Waals surface area (Å²) in [5.41, 5.74) is 0. The monoisotopic (exact) mass is 269 g/mol. The minimum Gasteiger partial charge on any atom is -0.481 e. The third kappa shape index (κ3) is 3.47. The van der Waals surface area contributed by atoms with Crippen LogP contribution in [0.3, 0.4) is 0 Å². The molecule has 1 fully saturated rings. The molecule has 0 bridgehead atoms. The maximum Gasteiger partial charge on any atom is 0.314 e. The van der Waals surface area contributed by atoms with Crippen LogP contribution in [0.2, 0.25) is 0 Å². The molecule has 1 N–H and O–H groups in total. The molecule has 2 heterocycles.